The molecule has 0 aliphatic heterocycles. The second-order valence-electron chi connectivity index (χ2n) is 10.9. The van der Waals surface area contributed by atoms with Crippen LogP contribution in [0.2, 0.25) is 0 Å². The maximum atomic E-state index is 6.55. The van der Waals surface area contributed by atoms with E-state index in [4.69, 9.17) is 8.83 Å². The Balaban J connectivity index is 1.30. The van der Waals surface area contributed by atoms with Crippen molar-refractivity contribution in [2.45, 2.75) is 0 Å². The van der Waals surface area contributed by atoms with Crippen molar-refractivity contribution in [3.8, 4) is 11.1 Å². The van der Waals surface area contributed by atoms with Gasteiger partial charge in [-0.1, -0.05) is 97.1 Å². The lowest BCUT2D eigenvalue weighted by Crippen LogP contribution is -2.11. The van der Waals surface area contributed by atoms with Crippen LogP contribution in [0.25, 0.3) is 65.8 Å². The molecular weight excluding hydrogens is 526 g/mol. The molecule has 0 radical (unpaired) electrons. The molecule has 0 fully saturated rings. The van der Waals surface area contributed by atoms with Crippen LogP contribution in [0, 0.1) is 0 Å². The van der Waals surface area contributed by atoms with Gasteiger partial charge in [-0.25, -0.2) is 0 Å². The molecule has 9 rings (SSSR count). The Kier molecular flexibility index (Phi) is 5.20. The van der Waals surface area contributed by atoms with Crippen LogP contribution in [0.3, 0.4) is 0 Å². The van der Waals surface area contributed by atoms with Crippen molar-refractivity contribution in [3.63, 3.8) is 0 Å². The molecule has 3 heteroatoms. The molecule has 2 aromatic heterocycles. The van der Waals surface area contributed by atoms with Crippen LogP contribution in [-0.2, 0) is 0 Å². The summed E-state index contributed by atoms with van der Waals surface area (Å²) in [5, 5.41) is 6.78. The molecule has 43 heavy (non-hydrogen) atoms. The molecule has 2 heterocycles. The highest BCUT2D eigenvalue weighted by molar-refractivity contribution is 6.19. The van der Waals surface area contributed by atoms with Gasteiger partial charge in [-0.05, 0) is 59.5 Å². The quantitative estimate of drug-likeness (QED) is 0.218. The number of furan rings is 2. The van der Waals surface area contributed by atoms with Gasteiger partial charge in [-0.15, -0.1) is 0 Å². The summed E-state index contributed by atoms with van der Waals surface area (Å²) in [6.45, 7) is 0. The minimum absolute atomic E-state index is 0.868. The number of nitrogens with zero attached hydrogens (tertiary/aromatic N) is 1. The van der Waals surface area contributed by atoms with Gasteiger partial charge in [-0.2, -0.15) is 0 Å². The number of fused-ring (bicyclic) bond motifs is 8. The average Bonchev–Trinajstić information content (AvgIpc) is 3.64. The van der Waals surface area contributed by atoms with E-state index in [0.717, 1.165) is 77.5 Å². The Labute approximate surface area is 247 Å². The van der Waals surface area contributed by atoms with Gasteiger partial charge < -0.3 is 13.7 Å². The lowest BCUT2D eigenvalue weighted by molar-refractivity contribution is 0.669. The maximum absolute atomic E-state index is 6.55. The summed E-state index contributed by atoms with van der Waals surface area (Å²) in [6.07, 6.45) is 0. The first-order chi connectivity index (χ1) is 21.3. The number of hydrogen-bond donors (Lipinski definition) is 0. The van der Waals surface area contributed by atoms with Gasteiger partial charge in [-0.3, -0.25) is 0 Å². The molecule has 0 aliphatic carbocycles. The molecule has 0 aliphatic rings. The Morgan fingerprint density at radius 1 is 0.395 bits per heavy atom. The van der Waals surface area contributed by atoms with E-state index >= 15 is 0 Å². The predicted molar refractivity (Wildman–Crippen MR) is 179 cm³/mol. The highest BCUT2D eigenvalue weighted by atomic mass is 16.3. The minimum atomic E-state index is 0.868. The van der Waals surface area contributed by atoms with Gasteiger partial charge in [0.05, 0.1) is 5.69 Å². The minimum Gasteiger partial charge on any atom is -0.456 e. The summed E-state index contributed by atoms with van der Waals surface area (Å²) in [7, 11) is 0. The smallest absolute Gasteiger partial charge is 0.143 e. The molecule has 0 unspecified atom stereocenters. The summed E-state index contributed by atoms with van der Waals surface area (Å²) >= 11 is 0. The fourth-order valence-electron chi connectivity index (χ4n) is 6.53. The van der Waals surface area contributed by atoms with Crippen LogP contribution >= 0.6 is 0 Å². The Morgan fingerprint density at radius 2 is 1.09 bits per heavy atom. The third-order valence-electron chi connectivity index (χ3n) is 8.46. The molecule has 0 atom stereocenters. The maximum Gasteiger partial charge on any atom is 0.143 e. The Hall–Kier alpha value is -5.80. The molecule has 3 nitrogen and oxygen atoms in total. The third-order valence-corrected chi connectivity index (χ3v) is 8.46. The Bertz CT molecular complexity index is 2470. The van der Waals surface area contributed by atoms with Crippen LogP contribution in [-0.4, -0.2) is 0 Å². The zero-order valence-electron chi connectivity index (χ0n) is 23.2. The summed E-state index contributed by atoms with van der Waals surface area (Å²) in [5.74, 6) is 0. The number of anilines is 3. The van der Waals surface area contributed by atoms with E-state index in [1.54, 1.807) is 0 Å². The van der Waals surface area contributed by atoms with E-state index in [2.05, 4.69) is 144 Å². The van der Waals surface area contributed by atoms with Crippen molar-refractivity contribution in [3.05, 3.63) is 152 Å². The molecule has 9 aromatic rings. The number of para-hydroxylation sites is 3. The molecule has 0 spiro atoms. The summed E-state index contributed by atoms with van der Waals surface area (Å²) in [6, 6.07) is 53.0. The van der Waals surface area contributed by atoms with E-state index in [0.29, 0.717) is 0 Å². The second-order valence-corrected chi connectivity index (χ2v) is 10.9. The van der Waals surface area contributed by atoms with Gasteiger partial charge >= 0.3 is 0 Å². The predicted octanol–water partition coefficient (Wildman–Crippen LogP) is 11.8. The highest BCUT2D eigenvalue weighted by Gasteiger charge is 2.21. The van der Waals surface area contributed by atoms with E-state index < -0.39 is 0 Å². The lowest BCUT2D eigenvalue weighted by Gasteiger charge is -2.28. The molecule has 0 amide bonds. The lowest BCUT2D eigenvalue weighted by atomic mass is 9.96. The normalized spacial score (nSPS) is 11.7. The summed E-state index contributed by atoms with van der Waals surface area (Å²) in [4.78, 5) is 2.32. The summed E-state index contributed by atoms with van der Waals surface area (Å²) < 4.78 is 12.9. The van der Waals surface area contributed by atoms with Crippen molar-refractivity contribution in [2.75, 3.05) is 4.90 Å². The van der Waals surface area contributed by atoms with E-state index in [-0.39, 0.29) is 0 Å². The molecule has 7 aromatic carbocycles. The fraction of sp³-hybridized carbons (Fsp3) is 0. The molecule has 202 valence electrons. The van der Waals surface area contributed by atoms with Crippen LogP contribution in [0.5, 0.6) is 0 Å². The van der Waals surface area contributed by atoms with Gasteiger partial charge in [0.15, 0.2) is 0 Å². The van der Waals surface area contributed by atoms with Gasteiger partial charge in [0.25, 0.3) is 0 Å². The van der Waals surface area contributed by atoms with Crippen LogP contribution < -0.4 is 4.90 Å². The zero-order valence-corrected chi connectivity index (χ0v) is 23.2. The second kappa shape index (κ2) is 9.37. The van der Waals surface area contributed by atoms with Crippen molar-refractivity contribution < 1.29 is 8.83 Å². The molecule has 0 bridgehead atoms. The number of benzene rings is 7. The van der Waals surface area contributed by atoms with Crippen LogP contribution in [0.4, 0.5) is 17.1 Å². The first-order valence-electron chi connectivity index (χ1n) is 14.5. The van der Waals surface area contributed by atoms with Crippen LogP contribution in [0.15, 0.2) is 160 Å². The van der Waals surface area contributed by atoms with Gasteiger partial charge in [0.2, 0.25) is 0 Å². The van der Waals surface area contributed by atoms with E-state index in [1.807, 2.05) is 12.1 Å². The third kappa shape index (κ3) is 3.68. The SMILES string of the molecule is c1ccc(N(c2ccc3c(c2)oc2ccccc23)c2ccccc2-c2cccc3oc4c5ccccc5ccc4c23)cc1. The van der Waals surface area contributed by atoms with E-state index in [1.165, 1.54) is 5.39 Å². The van der Waals surface area contributed by atoms with Gasteiger partial charge in [0, 0.05) is 49.9 Å². The molecule has 0 N–H and O–H groups in total. The van der Waals surface area contributed by atoms with Crippen LogP contribution in [0.1, 0.15) is 0 Å². The number of hydrogen-bond acceptors (Lipinski definition) is 3. The van der Waals surface area contributed by atoms with Crippen molar-refractivity contribution in [1.29, 1.82) is 0 Å². The first kappa shape index (κ1) is 23.9. The standard InChI is InChI=1S/C40H25NO2/c1-2-12-27(13-3-1)41(28-22-24-32-31-16-7-9-19-36(31)42-38(32)25-28)35-18-8-6-15-30(35)33-17-10-20-37-39(33)34-23-21-26-11-4-5-14-29(26)40(34)43-37/h1-25H. The van der Waals surface area contributed by atoms with Crippen molar-refractivity contribution in [2.24, 2.45) is 0 Å². The first-order valence-corrected chi connectivity index (χ1v) is 14.5. The topological polar surface area (TPSA) is 29.5 Å². The Morgan fingerprint density at radius 3 is 2.02 bits per heavy atom. The number of rotatable bonds is 4. The highest BCUT2D eigenvalue weighted by Crippen LogP contribution is 2.46. The van der Waals surface area contributed by atoms with Crippen molar-refractivity contribution >= 4 is 71.7 Å². The fourth-order valence-corrected chi connectivity index (χ4v) is 6.53. The molecule has 0 saturated carbocycles. The van der Waals surface area contributed by atoms with E-state index in [9.17, 15) is 0 Å². The molecular formula is C40H25NO2. The van der Waals surface area contributed by atoms with Crippen molar-refractivity contribution in [1.82, 2.24) is 0 Å². The largest absolute Gasteiger partial charge is 0.456 e. The molecule has 0 saturated heterocycles. The zero-order chi connectivity index (χ0) is 28.3. The summed E-state index contributed by atoms with van der Waals surface area (Å²) in [5.41, 5.74) is 9.00. The van der Waals surface area contributed by atoms with Gasteiger partial charge in [0.1, 0.15) is 22.3 Å². The average molecular weight is 552 g/mol. The monoisotopic (exact) mass is 551 g/mol.